The van der Waals surface area contributed by atoms with Crippen LogP contribution in [0.5, 0.6) is 17.4 Å². The number of carbonyl (C=O) groups is 4. The zero-order chi connectivity index (χ0) is 44.5. The molecule has 19 heteroatoms. The lowest BCUT2D eigenvalue weighted by Gasteiger charge is -2.35. The Balaban J connectivity index is 1.36. The van der Waals surface area contributed by atoms with Gasteiger partial charge in [0.15, 0.2) is 5.60 Å². The maximum Gasteiger partial charge on any atom is 0.408 e. The van der Waals surface area contributed by atoms with E-state index in [0.717, 1.165) is 13.8 Å². The number of nitrogens with one attached hydrogen (secondary N) is 3. The monoisotopic (exact) mass is 877 g/mol. The van der Waals surface area contributed by atoms with Crippen LogP contribution in [0.15, 0.2) is 36.5 Å². The summed E-state index contributed by atoms with van der Waals surface area (Å²) in [5.74, 6) is -5.69. The zero-order valence-electron chi connectivity index (χ0n) is 35.6. The van der Waals surface area contributed by atoms with Gasteiger partial charge >= 0.3 is 6.09 Å². The number of alkyl halides is 2. The van der Waals surface area contributed by atoms with Crippen molar-refractivity contribution < 1.29 is 60.1 Å². The second-order valence-electron chi connectivity index (χ2n) is 17.3. The quantitative estimate of drug-likeness (QED) is 0.186. The summed E-state index contributed by atoms with van der Waals surface area (Å²) in [6, 6.07) is 2.58. The second-order valence-corrected chi connectivity index (χ2v) is 19.3. The summed E-state index contributed by atoms with van der Waals surface area (Å²) >= 11 is 0. The van der Waals surface area contributed by atoms with Gasteiger partial charge in [-0.15, -0.1) is 0 Å². The highest BCUT2D eigenvalue weighted by atomic mass is 32.2. The van der Waals surface area contributed by atoms with E-state index in [4.69, 9.17) is 23.7 Å². The number of ether oxygens (including phenoxy) is 5. The van der Waals surface area contributed by atoms with Crippen LogP contribution >= 0.6 is 0 Å². The van der Waals surface area contributed by atoms with Crippen LogP contribution in [0.2, 0.25) is 0 Å². The number of methoxy groups -OCH3 is 2. The fourth-order valence-corrected chi connectivity index (χ4v) is 9.24. The lowest BCUT2D eigenvalue weighted by molar-refractivity contribution is -0.152. The number of pyridine rings is 1. The van der Waals surface area contributed by atoms with Crippen molar-refractivity contribution in [2.45, 2.75) is 120 Å². The van der Waals surface area contributed by atoms with E-state index in [1.54, 1.807) is 32.2 Å². The van der Waals surface area contributed by atoms with Crippen LogP contribution in [-0.2, 0) is 33.9 Å². The Morgan fingerprint density at radius 1 is 1.05 bits per heavy atom. The lowest BCUT2D eigenvalue weighted by atomic mass is 9.88. The number of nitrogens with zero attached hydrogens (tertiary/aromatic N) is 2. The third-order valence-electron chi connectivity index (χ3n) is 12.1. The summed E-state index contributed by atoms with van der Waals surface area (Å²) in [4.78, 5) is 62.5. The van der Waals surface area contributed by atoms with Crippen molar-refractivity contribution >= 4 is 44.6 Å². The Bertz CT molecular complexity index is 2130. The first-order valence-corrected chi connectivity index (χ1v) is 22.2. The molecule has 7 atom stereocenters. The molecule has 61 heavy (non-hydrogen) atoms. The van der Waals surface area contributed by atoms with Crippen LogP contribution in [0.4, 0.5) is 13.6 Å². The fraction of sp³-hybridized carbons (Fsp3) is 0.643. The number of carbonyl (C=O) groups excluding carboxylic acids is 4. The van der Waals surface area contributed by atoms with Crippen molar-refractivity contribution in [1.29, 1.82) is 0 Å². The summed E-state index contributed by atoms with van der Waals surface area (Å²) in [7, 11) is -0.902. The largest absolute Gasteiger partial charge is 0.497 e. The van der Waals surface area contributed by atoms with Crippen molar-refractivity contribution in [1.82, 2.24) is 25.2 Å². The number of allylic oxidation sites excluding steroid dienone is 1. The molecule has 4 aliphatic rings. The van der Waals surface area contributed by atoms with Gasteiger partial charge in [-0.25, -0.2) is 27.0 Å². The molecule has 3 N–H and O–H groups in total. The molecular formula is C42H57F2N5O11S. The molecular weight excluding hydrogens is 821 g/mol. The minimum Gasteiger partial charge on any atom is -0.497 e. The number of hydrogen-bond donors (Lipinski definition) is 3. The van der Waals surface area contributed by atoms with Crippen LogP contribution in [-0.4, -0.2) is 117 Å². The van der Waals surface area contributed by atoms with Gasteiger partial charge < -0.3 is 39.2 Å². The SMILES string of the molecule is COCCOc1cnc(O[C@@H]2C[C@H]3C(=O)N[C@]4(C(=O)NS(=O)(=O)C5CC5)C[C@H]4/C=C\CC[C@@H](C)C[C@@H](C)C(NC(=O)OC(C)(C)C(C)(F)F)C(=O)N3C2)c2ccc(OC)cc12. The van der Waals surface area contributed by atoms with E-state index < -0.39 is 86.2 Å². The summed E-state index contributed by atoms with van der Waals surface area (Å²) in [5.41, 5.74) is -3.85. The predicted octanol–water partition coefficient (Wildman–Crippen LogP) is 4.64. The number of fused-ring (bicyclic) bond motifs is 3. The van der Waals surface area contributed by atoms with Crippen LogP contribution in [0, 0.1) is 17.8 Å². The van der Waals surface area contributed by atoms with Crippen molar-refractivity contribution in [3.63, 3.8) is 0 Å². The van der Waals surface area contributed by atoms with Crippen LogP contribution in [0.1, 0.15) is 79.6 Å². The van der Waals surface area contributed by atoms with Crippen molar-refractivity contribution in [3.05, 3.63) is 36.5 Å². The maximum atomic E-state index is 14.9. The Morgan fingerprint density at radius 2 is 1.79 bits per heavy atom. The molecule has 1 aromatic carbocycles. The van der Waals surface area contributed by atoms with Crippen molar-refractivity contribution in [3.8, 4) is 17.4 Å². The van der Waals surface area contributed by atoms with E-state index in [1.165, 1.54) is 18.2 Å². The smallest absolute Gasteiger partial charge is 0.408 e. The second kappa shape index (κ2) is 17.9. The highest BCUT2D eigenvalue weighted by molar-refractivity contribution is 7.91. The zero-order valence-corrected chi connectivity index (χ0v) is 36.4. The van der Waals surface area contributed by atoms with Crippen LogP contribution in [0.3, 0.4) is 0 Å². The number of halogens is 2. The molecule has 0 radical (unpaired) electrons. The molecule has 6 rings (SSSR count). The van der Waals surface area contributed by atoms with E-state index in [0.29, 0.717) is 67.9 Å². The Morgan fingerprint density at radius 3 is 2.46 bits per heavy atom. The average molecular weight is 878 g/mol. The molecule has 0 spiro atoms. The molecule has 2 saturated carbocycles. The van der Waals surface area contributed by atoms with E-state index in [-0.39, 0.29) is 37.8 Å². The number of sulfonamides is 1. The first-order valence-electron chi connectivity index (χ1n) is 20.7. The molecule has 1 aromatic heterocycles. The molecule has 1 unspecified atom stereocenters. The van der Waals surface area contributed by atoms with E-state index in [2.05, 4.69) is 20.3 Å². The number of rotatable bonds is 13. The number of benzene rings is 1. The Hall–Kier alpha value is -4.78. The minimum absolute atomic E-state index is 0.00917. The molecule has 16 nitrogen and oxygen atoms in total. The molecule has 2 aromatic rings. The molecule has 3 heterocycles. The first-order chi connectivity index (χ1) is 28.7. The van der Waals surface area contributed by atoms with Gasteiger partial charge in [0.1, 0.15) is 41.8 Å². The number of alkyl carbamates (subject to hydrolysis) is 1. The van der Waals surface area contributed by atoms with Crippen molar-refractivity contribution in [2.24, 2.45) is 17.8 Å². The Kier molecular flexibility index (Phi) is 13.4. The molecule has 2 aliphatic carbocycles. The normalized spacial score (nSPS) is 28.0. The number of aromatic nitrogens is 1. The summed E-state index contributed by atoms with van der Waals surface area (Å²) in [6.07, 6.45) is 5.59. The van der Waals surface area contributed by atoms with Gasteiger partial charge in [0, 0.05) is 37.1 Å². The van der Waals surface area contributed by atoms with E-state index >= 15 is 0 Å². The van der Waals surface area contributed by atoms with Crippen molar-refractivity contribution in [2.75, 3.05) is 34.0 Å². The van der Waals surface area contributed by atoms with Crippen LogP contribution < -0.4 is 29.6 Å². The van der Waals surface area contributed by atoms with Gasteiger partial charge in [0.25, 0.3) is 11.8 Å². The third kappa shape index (κ3) is 10.3. The van der Waals surface area contributed by atoms with Gasteiger partial charge in [-0.05, 0) is 82.4 Å². The molecule has 4 amide bonds. The predicted molar refractivity (Wildman–Crippen MR) is 219 cm³/mol. The molecule has 0 bridgehead atoms. The first kappa shape index (κ1) is 45.7. The third-order valence-corrected chi connectivity index (χ3v) is 14.0. The fourth-order valence-electron chi connectivity index (χ4n) is 7.87. The molecule has 336 valence electrons. The summed E-state index contributed by atoms with van der Waals surface area (Å²) < 4.78 is 85.1. The van der Waals surface area contributed by atoms with Gasteiger partial charge in [-0.2, -0.15) is 0 Å². The van der Waals surface area contributed by atoms with Gasteiger partial charge in [-0.3, -0.25) is 19.1 Å². The standard InChI is InChI=1S/C42H57F2N5O11S/c1-24-10-8-9-11-26-21-42(26,38(52)48-61(54,55)29-13-14-29)47-35(50)32-20-28(59-36-30-15-12-27(57-7)19-31(30)33(22-45-36)58-17-16-56-6)23-49(32)37(51)34(25(2)18-24)46-39(53)60-40(3,4)41(5,43)44/h9,11-12,15,19,22,24-26,28-29,32,34H,8,10,13-14,16-18,20-21,23H2,1-7H3,(H,46,53)(H,47,50)(H,48,52)/b11-9-/t24-,25-,26-,28-,32+,34?,42-/m1/s1. The summed E-state index contributed by atoms with van der Waals surface area (Å²) in [5, 5.41) is 5.83. The average Bonchev–Trinajstić information content (AvgIpc) is 4.12. The molecule has 1 saturated heterocycles. The van der Waals surface area contributed by atoms with Crippen LogP contribution in [0.25, 0.3) is 10.8 Å². The lowest BCUT2D eigenvalue weighted by Crippen LogP contribution is -2.59. The molecule has 2 aliphatic heterocycles. The van der Waals surface area contributed by atoms with E-state index in [9.17, 15) is 36.4 Å². The molecule has 3 fully saturated rings. The number of amides is 4. The minimum atomic E-state index is -3.98. The van der Waals surface area contributed by atoms with Gasteiger partial charge in [-0.1, -0.05) is 26.0 Å². The Labute approximate surface area is 354 Å². The van der Waals surface area contributed by atoms with Gasteiger partial charge in [0.05, 0.1) is 31.7 Å². The highest BCUT2D eigenvalue weighted by Gasteiger charge is 2.62. The highest BCUT2D eigenvalue weighted by Crippen LogP contribution is 2.46. The topological polar surface area (TPSA) is 201 Å². The maximum absolute atomic E-state index is 14.9. The van der Waals surface area contributed by atoms with E-state index in [1.807, 2.05) is 19.1 Å². The van der Waals surface area contributed by atoms with Gasteiger partial charge in [0.2, 0.25) is 27.7 Å². The summed E-state index contributed by atoms with van der Waals surface area (Å²) in [6.45, 7) is 6.85. The number of hydrogen-bond acceptors (Lipinski definition) is 12.